The topological polar surface area (TPSA) is 38.3 Å². The van der Waals surface area contributed by atoms with Gasteiger partial charge in [-0.1, -0.05) is 0 Å². The molecule has 1 saturated heterocycles. The minimum Gasteiger partial charge on any atom is -0.449 e. The number of alkyl carbamates (subject to hydrolysis) is 1. The van der Waals surface area contributed by atoms with Crippen molar-refractivity contribution in [3.8, 4) is 0 Å². The van der Waals surface area contributed by atoms with Crippen molar-refractivity contribution in [2.75, 3.05) is 6.61 Å². The maximum Gasteiger partial charge on any atom is 0.407 e. The van der Waals surface area contributed by atoms with E-state index in [1.165, 1.54) is 0 Å². The fourth-order valence-electron chi connectivity index (χ4n) is 1.63. The molecule has 3 nitrogen and oxygen atoms in total. The molecule has 1 N–H and O–H groups in total. The van der Waals surface area contributed by atoms with Gasteiger partial charge in [0.2, 0.25) is 0 Å². The first-order valence-corrected chi connectivity index (χ1v) is 4.65. The molecule has 1 amide bonds. The number of carbonyl (C=O) groups excluding carboxylic acids is 1. The summed E-state index contributed by atoms with van der Waals surface area (Å²) in [6.07, 6.45) is -0.495. The Labute approximate surface area is 101 Å². The molecule has 94 valence electrons. The van der Waals surface area contributed by atoms with Crippen LogP contribution in [0.3, 0.4) is 0 Å². The van der Waals surface area contributed by atoms with Gasteiger partial charge in [0.05, 0.1) is 12.6 Å². The number of rotatable bonds is 1. The summed E-state index contributed by atoms with van der Waals surface area (Å²) < 4.78 is 43.9. The lowest BCUT2D eigenvalue weighted by atomic mass is 10.0. The Morgan fingerprint density at radius 3 is 2.35 bits per heavy atom. The van der Waals surface area contributed by atoms with E-state index in [-0.39, 0.29) is 31.0 Å². The van der Waals surface area contributed by atoms with Crippen LogP contribution in [0.25, 0.3) is 0 Å². The van der Waals surface area contributed by atoms with Crippen LogP contribution in [0.2, 0.25) is 0 Å². The van der Waals surface area contributed by atoms with E-state index in [1.54, 1.807) is 0 Å². The van der Waals surface area contributed by atoms with Crippen LogP contribution in [0.15, 0.2) is 12.1 Å². The maximum atomic E-state index is 13.4. The Morgan fingerprint density at radius 1 is 1.24 bits per heavy atom. The smallest absolute Gasteiger partial charge is 0.407 e. The van der Waals surface area contributed by atoms with Gasteiger partial charge < -0.3 is 10.1 Å². The molecule has 0 unspecified atom stereocenters. The largest absolute Gasteiger partial charge is 0.449 e. The van der Waals surface area contributed by atoms with Crippen LogP contribution < -0.4 is 5.32 Å². The van der Waals surface area contributed by atoms with Gasteiger partial charge in [0.15, 0.2) is 0 Å². The van der Waals surface area contributed by atoms with E-state index < -0.39 is 29.6 Å². The fraction of sp³-hybridized carbons (Fsp3) is 0.300. The molecule has 0 aromatic heterocycles. The molecule has 2 rings (SSSR count). The normalized spacial score (nSPS) is 19.0. The Kier molecular flexibility index (Phi) is 4.22. The van der Waals surface area contributed by atoms with E-state index in [2.05, 4.69) is 10.1 Å². The molecule has 1 aromatic carbocycles. The molecule has 0 radical (unpaired) electrons. The first kappa shape index (κ1) is 13.6. The number of amides is 1. The number of benzene rings is 1. The zero-order chi connectivity index (χ0) is 11.7. The van der Waals surface area contributed by atoms with Crippen molar-refractivity contribution in [3.63, 3.8) is 0 Å². The number of cyclic esters (lactones) is 1. The summed E-state index contributed by atoms with van der Waals surface area (Å²) in [4.78, 5) is 10.9. The highest BCUT2D eigenvalue weighted by molar-refractivity contribution is 5.85. The first-order valence-electron chi connectivity index (χ1n) is 4.65. The van der Waals surface area contributed by atoms with Crippen molar-refractivity contribution in [1.29, 1.82) is 0 Å². The zero-order valence-corrected chi connectivity index (χ0v) is 9.32. The molecule has 1 heterocycles. The van der Waals surface area contributed by atoms with Crippen LogP contribution in [0.5, 0.6) is 0 Å². The summed E-state index contributed by atoms with van der Waals surface area (Å²) in [6.45, 7) is 0.0761. The van der Waals surface area contributed by atoms with E-state index in [4.69, 9.17) is 0 Å². The molecule has 0 bridgehead atoms. The average Bonchev–Trinajstić information content (AvgIpc) is 2.15. The summed E-state index contributed by atoms with van der Waals surface area (Å²) >= 11 is 0. The van der Waals surface area contributed by atoms with Crippen LogP contribution in [-0.2, 0) is 4.74 Å². The molecule has 0 saturated carbocycles. The average molecular weight is 268 g/mol. The Morgan fingerprint density at radius 2 is 1.82 bits per heavy atom. The molecule has 1 atom stereocenters. The van der Waals surface area contributed by atoms with Gasteiger partial charge in [0, 0.05) is 24.1 Å². The highest BCUT2D eigenvalue weighted by Crippen LogP contribution is 2.26. The third-order valence-electron chi connectivity index (χ3n) is 2.32. The van der Waals surface area contributed by atoms with Gasteiger partial charge in [-0.3, -0.25) is 0 Å². The van der Waals surface area contributed by atoms with Gasteiger partial charge in [-0.05, 0) is 0 Å². The molecule has 17 heavy (non-hydrogen) atoms. The van der Waals surface area contributed by atoms with Crippen molar-refractivity contribution < 1.29 is 22.7 Å². The van der Waals surface area contributed by atoms with Gasteiger partial charge in [-0.25, -0.2) is 18.0 Å². The molecule has 0 spiro atoms. The minimum atomic E-state index is -1.01. The second kappa shape index (κ2) is 5.27. The predicted molar refractivity (Wildman–Crippen MR) is 55.4 cm³/mol. The minimum absolute atomic E-state index is 0. The second-order valence-corrected chi connectivity index (χ2v) is 3.40. The van der Waals surface area contributed by atoms with Crippen LogP contribution >= 0.6 is 12.4 Å². The number of hydrogen-bond acceptors (Lipinski definition) is 2. The van der Waals surface area contributed by atoms with Crippen molar-refractivity contribution in [2.45, 2.75) is 12.5 Å². The summed E-state index contributed by atoms with van der Waals surface area (Å²) in [7, 11) is 0. The van der Waals surface area contributed by atoms with Crippen molar-refractivity contribution in [1.82, 2.24) is 5.32 Å². The molecule has 1 aliphatic heterocycles. The lowest BCUT2D eigenvalue weighted by Crippen LogP contribution is -2.36. The molecular formula is C10H9ClF3NO2. The summed E-state index contributed by atoms with van der Waals surface area (Å²) in [5, 5.41) is 2.27. The Balaban J connectivity index is 0.00000144. The van der Waals surface area contributed by atoms with Gasteiger partial charge in [-0.2, -0.15) is 0 Å². The highest BCUT2D eigenvalue weighted by atomic mass is 35.5. The van der Waals surface area contributed by atoms with Gasteiger partial charge in [-0.15, -0.1) is 12.4 Å². The molecule has 1 aliphatic rings. The predicted octanol–water partition coefficient (Wildman–Crippen LogP) is 2.70. The molecule has 1 aromatic rings. The van der Waals surface area contributed by atoms with E-state index in [9.17, 15) is 18.0 Å². The number of halogens is 4. The summed E-state index contributed by atoms with van der Waals surface area (Å²) in [5.41, 5.74) is -0.335. The molecule has 7 heteroatoms. The lowest BCUT2D eigenvalue weighted by molar-refractivity contribution is 0.114. The number of ether oxygens (including phenoxy) is 1. The van der Waals surface area contributed by atoms with Gasteiger partial charge >= 0.3 is 6.09 Å². The zero-order valence-electron chi connectivity index (χ0n) is 8.50. The van der Waals surface area contributed by atoms with Crippen molar-refractivity contribution in [3.05, 3.63) is 35.1 Å². The van der Waals surface area contributed by atoms with Crippen molar-refractivity contribution >= 4 is 18.5 Å². The van der Waals surface area contributed by atoms with Gasteiger partial charge in [0.25, 0.3) is 0 Å². The van der Waals surface area contributed by atoms with E-state index in [1.807, 2.05) is 0 Å². The summed E-state index contributed by atoms with van der Waals surface area (Å²) in [5.74, 6) is -3.01. The second-order valence-electron chi connectivity index (χ2n) is 3.40. The van der Waals surface area contributed by atoms with Crippen LogP contribution in [0.1, 0.15) is 18.0 Å². The van der Waals surface area contributed by atoms with E-state index in [0.29, 0.717) is 12.1 Å². The quantitative estimate of drug-likeness (QED) is 0.850. The van der Waals surface area contributed by atoms with Crippen LogP contribution in [0.4, 0.5) is 18.0 Å². The van der Waals surface area contributed by atoms with Crippen molar-refractivity contribution in [2.24, 2.45) is 0 Å². The summed E-state index contributed by atoms with van der Waals surface area (Å²) in [6, 6.07) is 0.349. The standard InChI is InChI=1S/C10H8F3NO2.ClH/c11-5-3-6(12)9(7(13)4-5)8-1-2-16-10(15)14-8;/h3-4,8H,1-2H2,(H,14,15);1H/t8-;/m0./s1. The third-order valence-corrected chi connectivity index (χ3v) is 2.32. The molecule has 0 aliphatic carbocycles. The SMILES string of the molecule is Cl.O=C1N[C@H](c2c(F)cc(F)cc2F)CCO1. The fourth-order valence-corrected chi connectivity index (χ4v) is 1.63. The number of carbonyl (C=O) groups is 1. The molecule has 1 fully saturated rings. The Hall–Kier alpha value is -1.43. The maximum absolute atomic E-state index is 13.4. The van der Waals surface area contributed by atoms with Gasteiger partial charge in [0.1, 0.15) is 17.5 Å². The van der Waals surface area contributed by atoms with E-state index in [0.717, 1.165) is 0 Å². The number of nitrogens with one attached hydrogen (secondary N) is 1. The monoisotopic (exact) mass is 267 g/mol. The Bertz CT molecular complexity index is 419. The lowest BCUT2D eigenvalue weighted by Gasteiger charge is -2.24. The van der Waals surface area contributed by atoms with Crippen LogP contribution in [0, 0.1) is 17.5 Å². The number of hydrogen-bond donors (Lipinski definition) is 1. The van der Waals surface area contributed by atoms with Crippen LogP contribution in [-0.4, -0.2) is 12.7 Å². The highest BCUT2D eigenvalue weighted by Gasteiger charge is 2.26. The third kappa shape index (κ3) is 2.82. The first-order chi connectivity index (χ1) is 7.58. The van der Waals surface area contributed by atoms with E-state index >= 15 is 0 Å². The molecular weight excluding hydrogens is 259 g/mol.